The minimum Gasteiger partial charge on any atom is -0.481 e. The molecule has 1 heterocycles. The monoisotopic (exact) mass is 301 g/mol. The summed E-state index contributed by atoms with van der Waals surface area (Å²) in [5.74, 6) is -1.95. The highest BCUT2D eigenvalue weighted by atomic mass is 16.5. The van der Waals surface area contributed by atoms with E-state index in [1.165, 1.54) is 9.80 Å². The van der Waals surface area contributed by atoms with Crippen LogP contribution in [0.25, 0.3) is 0 Å². The van der Waals surface area contributed by atoms with Gasteiger partial charge < -0.3 is 25.0 Å². The van der Waals surface area contributed by atoms with Crippen molar-refractivity contribution in [1.29, 1.82) is 0 Å². The van der Waals surface area contributed by atoms with Crippen molar-refractivity contribution in [3.8, 4) is 0 Å². The number of amides is 3. The largest absolute Gasteiger partial charge is 0.481 e. The molecular formula is C13H23N3O5. The van der Waals surface area contributed by atoms with Gasteiger partial charge in [0.05, 0.1) is 19.3 Å². The molecule has 120 valence electrons. The normalized spacial score (nSPS) is 22.5. The number of carboxylic acids is 1. The van der Waals surface area contributed by atoms with Gasteiger partial charge in [0.1, 0.15) is 12.0 Å². The van der Waals surface area contributed by atoms with Crippen molar-refractivity contribution in [2.75, 3.05) is 33.9 Å². The third-order valence-corrected chi connectivity index (χ3v) is 3.52. The van der Waals surface area contributed by atoms with E-state index in [0.717, 1.165) is 0 Å². The van der Waals surface area contributed by atoms with Crippen LogP contribution in [0.15, 0.2) is 0 Å². The van der Waals surface area contributed by atoms with E-state index < -0.39 is 30.0 Å². The molecule has 0 aliphatic carbocycles. The summed E-state index contributed by atoms with van der Waals surface area (Å²) in [6, 6.07) is -1.65. The first-order valence-electron chi connectivity index (χ1n) is 6.88. The maximum Gasteiger partial charge on any atom is 0.318 e. The van der Waals surface area contributed by atoms with Crippen LogP contribution in [0, 0.1) is 5.92 Å². The van der Waals surface area contributed by atoms with Crippen molar-refractivity contribution in [3.05, 3.63) is 0 Å². The fourth-order valence-electron chi connectivity index (χ4n) is 2.33. The molecule has 2 N–H and O–H groups in total. The van der Waals surface area contributed by atoms with Crippen LogP contribution in [0.1, 0.15) is 13.8 Å². The number of hydrogen-bond donors (Lipinski definition) is 2. The molecule has 1 rings (SSSR count). The van der Waals surface area contributed by atoms with E-state index in [1.54, 1.807) is 27.9 Å². The lowest BCUT2D eigenvalue weighted by atomic mass is 10.0. The zero-order valence-corrected chi connectivity index (χ0v) is 12.8. The number of likely N-dealkylation sites (N-methyl/N-ethyl adjacent to an activating group) is 2. The molecule has 21 heavy (non-hydrogen) atoms. The Balaban J connectivity index is 2.73. The van der Waals surface area contributed by atoms with E-state index in [2.05, 4.69) is 5.32 Å². The van der Waals surface area contributed by atoms with Crippen LogP contribution in [0.4, 0.5) is 4.79 Å². The zero-order valence-electron chi connectivity index (χ0n) is 12.8. The summed E-state index contributed by atoms with van der Waals surface area (Å²) in [6.45, 7) is 3.97. The summed E-state index contributed by atoms with van der Waals surface area (Å²) in [5.41, 5.74) is 0. The van der Waals surface area contributed by atoms with Gasteiger partial charge >= 0.3 is 12.0 Å². The molecule has 8 heteroatoms. The van der Waals surface area contributed by atoms with Crippen LogP contribution in [0.3, 0.4) is 0 Å². The Bertz CT molecular complexity index is 413. The predicted molar refractivity (Wildman–Crippen MR) is 74.8 cm³/mol. The fourth-order valence-corrected chi connectivity index (χ4v) is 2.33. The first-order chi connectivity index (χ1) is 9.79. The number of ether oxygens (including phenoxy) is 1. The van der Waals surface area contributed by atoms with Crippen molar-refractivity contribution < 1.29 is 24.2 Å². The van der Waals surface area contributed by atoms with Crippen molar-refractivity contribution >= 4 is 17.9 Å². The topological polar surface area (TPSA) is 99.2 Å². The summed E-state index contributed by atoms with van der Waals surface area (Å²) in [6.07, 6.45) is 0. The second kappa shape index (κ2) is 7.26. The summed E-state index contributed by atoms with van der Waals surface area (Å²) in [4.78, 5) is 38.0. The third-order valence-electron chi connectivity index (χ3n) is 3.52. The number of aliphatic carboxylic acids is 1. The van der Waals surface area contributed by atoms with Gasteiger partial charge in [-0.25, -0.2) is 4.79 Å². The van der Waals surface area contributed by atoms with E-state index in [1.807, 2.05) is 0 Å². The summed E-state index contributed by atoms with van der Waals surface area (Å²) >= 11 is 0. The number of urea groups is 1. The molecule has 1 saturated heterocycles. The third kappa shape index (κ3) is 4.07. The number of carbonyl (C=O) groups is 3. The average molecular weight is 301 g/mol. The standard InChI is InChI=1S/C13H23N3O5/c1-5-16(10-7-21-6-9(10)12(18)19)13(20)14-8(2)11(17)15(3)4/h8-10H,5-7H2,1-4H3,(H,14,20)(H,18,19). The molecule has 3 unspecified atom stereocenters. The molecule has 1 fully saturated rings. The van der Waals surface area contributed by atoms with Gasteiger partial charge in [0, 0.05) is 20.6 Å². The van der Waals surface area contributed by atoms with Crippen molar-refractivity contribution in [1.82, 2.24) is 15.1 Å². The van der Waals surface area contributed by atoms with Crippen molar-refractivity contribution in [2.24, 2.45) is 5.92 Å². The van der Waals surface area contributed by atoms with Crippen LogP contribution in [-0.4, -0.2) is 78.8 Å². The maximum absolute atomic E-state index is 12.3. The van der Waals surface area contributed by atoms with Gasteiger partial charge in [-0.3, -0.25) is 9.59 Å². The SMILES string of the molecule is CCN(C(=O)NC(C)C(=O)N(C)C)C1COCC1C(=O)O. The first-order valence-corrected chi connectivity index (χ1v) is 6.88. The van der Waals surface area contributed by atoms with E-state index in [4.69, 9.17) is 9.84 Å². The number of hydrogen-bond acceptors (Lipinski definition) is 4. The number of carboxylic acid groups (broad SMARTS) is 1. The molecule has 0 bridgehead atoms. The molecule has 8 nitrogen and oxygen atoms in total. The van der Waals surface area contributed by atoms with Crippen LogP contribution < -0.4 is 5.32 Å². The van der Waals surface area contributed by atoms with E-state index in [-0.39, 0.29) is 19.1 Å². The molecule has 0 aromatic heterocycles. The molecule has 1 aliphatic rings. The number of nitrogens with one attached hydrogen (secondary N) is 1. The van der Waals surface area contributed by atoms with Crippen LogP contribution in [-0.2, 0) is 14.3 Å². The van der Waals surface area contributed by atoms with Gasteiger partial charge in [-0.05, 0) is 13.8 Å². The molecule has 0 aromatic rings. The second-order valence-corrected chi connectivity index (χ2v) is 5.24. The number of carbonyl (C=O) groups excluding carboxylic acids is 2. The molecule has 0 radical (unpaired) electrons. The fraction of sp³-hybridized carbons (Fsp3) is 0.769. The quantitative estimate of drug-likeness (QED) is 0.719. The zero-order chi connectivity index (χ0) is 16.2. The van der Waals surface area contributed by atoms with Crippen LogP contribution in [0.2, 0.25) is 0 Å². The summed E-state index contributed by atoms with van der Waals surface area (Å²) in [7, 11) is 3.21. The Morgan fingerprint density at radius 3 is 2.43 bits per heavy atom. The van der Waals surface area contributed by atoms with Gasteiger partial charge in [0.25, 0.3) is 0 Å². The summed E-state index contributed by atoms with van der Waals surface area (Å²) < 4.78 is 5.18. The molecule has 3 atom stereocenters. The minimum absolute atomic E-state index is 0.0932. The van der Waals surface area contributed by atoms with Crippen LogP contribution >= 0.6 is 0 Å². The minimum atomic E-state index is -0.985. The highest BCUT2D eigenvalue weighted by Gasteiger charge is 2.39. The molecular weight excluding hydrogens is 278 g/mol. The van der Waals surface area contributed by atoms with Gasteiger partial charge in [-0.15, -0.1) is 0 Å². The van der Waals surface area contributed by atoms with E-state index in [9.17, 15) is 14.4 Å². The smallest absolute Gasteiger partial charge is 0.318 e. The van der Waals surface area contributed by atoms with Gasteiger partial charge in [0.15, 0.2) is 0 Å². The predicted octanol–water partition coefficient (Wildman–Crippen LogP) is -0.406. The second-order valence-electron chi connectivity index (χ2n) is 5.24. The lowest BCUT2D eigenvalue weighted by Gasteiger charge is -2.30. The van der Waals surface area contributed by atoms with Gasteiger partial charge in [0.2, 0.25) is 5.91 Å². The van der Waals surface area contributed by atoms with Crippen molar-refractivity contribution in [2.45, 2.75) is 25.9 Å². The highest BCUT2D eigenvalue weighted by Crippen LogP contribution is 2.20. The Morgan fingerprint density at radius 1 is 1.33 bits per heavy atom. The Labute approximate surface area is 124 Å². The molecule has 0 aromatic carbocycles. The Morgan fingerprint density at radius 2 is 1.95 bits per heavy atom. The van der Waals surface area contributed by atoms with E-state index in [0.29, 0.717) is 6.54 Å². The molecule has 1 aliphatic heterocycles. The average Bonchev–Trinajstić information content (AvgIpc) is 2.87. The molecule has 0 saturated carbocycles. The Hall–Kier alpha value is -1.83. The lowest BCUT2D eigenvalue weighted by Crippen LogP contribution is -2.54. The van der Waals surface area contributed by atoms with Crippen molar-refractivity contribution in [3.63, 3.8) is 0 Å². The molecule has 3 amide bonds. The highest BCUT2D eigenvalue weighted by molar-refractivity contribution is 5.86. The van der Waals surface area contributed by atoms with Crippen LogP contribution in [0.5, 0.6) is 0 Å². The first kappa shape index (κ1) is 17.2. The number of nitrogens with zero attached hydrogens (tertiary/aromatic N) is 2. The summed E-state index contributed by atoms with van der Waals surface area (Å²) in [5, 5.41) is 11.7. The van der Waals surface area contributed by atoms with E-state index >= 15 is 0 Å². The Kier molecular flexibility index (Phi) is 5.95. The van der Waals surface area contributed by atoms with Gasteiger partial charge in [-0.1, -0.05) is 0 Å². The maximum atomic E-state index is 12.3. The van der Waals surface area contributed by atoms with Gasteiger partial charge in [-0.2, -0.15) is 0 Å². The lowest BCUT2D eigenvalue weighted by molar-refractivity contribution is -0.142. The molecule has 0 spiro atoms. The number of rotatable bonds is 5.